The first-order chi connectivity index (χ1) is 23.0. The van der Waals surface area contributed by atoms with Gasteiger partial charge in [-0.3, -0.25) is 0 Å². The van der Waals surface area contributed by atoms with Gasteiger partial charge in [0.25, 0.3) is 0 Å². The van der Waals surface area contributed by atoms with Crippen molar-refractivity contribution in [3.63, 3.8) is 0 Å². The molecule has 1 aliphatic carbocycles. The molecule has 0 fully saturated rings. The van der Waals surface area contributed by atoms with Crippen LogP contribution in [0.2, 0.25) is 0 Å². The first-order valence-corrected chi connectivity index (χ1v) is 16.4. The molecule has 0 heterocycles. The summed E-state index contributed by atoms with van der Waals surface area (Å²) in [5, 5.41) is 7.53. The molecule has 0 saturated heterocycles. The zero-order valence-corrected chi connectivity index (χ0v) is 26.8. The Balaban J connectivity index is 1.42. The maximum absolute atomic E-state index is 5.54. The van der Waals surface area contributed by atoms with E-state index in [0.29, 0.717) is 0 Å². The molecule has 0 radical (unpaired) electrons. The summed E-state index contributed by atoms with van der Waals surface area (Å²) in [4.78, 5) is 0. The molecular weight excluding hydrogens is 569 g/mol. The third kappa shape index (κ3) is 4.16. The van der Waals surface area contributed by atoms with E-state index in [1.165, 1.54) is 88.0 Å². The van der Waals surface area contributed by atoms with Gasteiger partial charge in [0.05, 0.1) is 7.11 Å². The van der Waals surface area contributed by atoms with Gasteiger partial charge in [0.15, 0.2) is 0 Å². The molecule has 0 atom stereocenters. The summed E-state index contributed by atoms with van der Waals surface area (Å²) in [5.74, 6) is 0.860. The lowest BCUT2D eigenvalue weighted by atomic mass is 9.80. The van der Waals surface area contributed by atoms with Gasteiger partial charge in [-0.15, -0.1) is 0 Å². The largest absolute Gasteiger partial charge is 0.497 e. The van der Waals surface area contributed by atoms with Crippen molar-refractivity contribution in [2.75, 3.05) is 7.11 Å². The number of hydrogen-bond donors (Lipinski definition) is 0. The van der Waals surface area contributed by atoms with Crippen LogP contribution in [0.15, 0.2) is 152 Å². The Kier molecular flexibility index (Phi) is 6.14. The van der Waals surface area contributed by atoms with Gasteiger partial charge in [-0.05, 0) is 112 Å². The number of rotatable bonds is 4. The van der Waals surface area contributed by atoms with Crippen molar-refractivity contribution in [2.45, 2.75) is 19.3 Å². The third-order valence-corrected chi connectivity index (χ3v) is 10.4. The summed E-state index contributed by atoms with van der Waals surface area (Å²) < 4.78 is 5.54. The van der Waals surface area contributed by atoms with Crippen LogP contribution in [0.4, 0.5) is 0 Å². The predicted molar refractivity (Wildman–Crippen MR) is 199 cm³/mol. The van der Waals surface area contributed by atoms with Crippen LogP contribution in [-0.2, 0) is 5.41 Å². The average Bonchev–Trinajstić information content (AvgIpc) is 3.36. The molecule has 8 aromatic rings. The minimum absolute atomic E-state index is 0.0766. The highest BCUT2D eigenvalue weighted by Gasteiger charge is 2.37. The smallest absolute Gasteiger partial charge is 0.118 e. The van der Waals surface area contributed by atoms with Gasteiger partial charge in [0.1, 0.15) is 5.75 Å². The van der Waals surface area contributed by atoms with Crippen molar-refractivity contribution < 1.29 is 4.74 Å². The summed E-state index contributed by atoms with van der Waals surface area (Å²) in [6.45, 7) is 4.73. The molecule has 8 aromatic carbocycles. The Hall–Kier alpha value is -5.66. The zero-order chi connectivity index (χ0) is 31.7. The molecule has 0 aromatic heterocycles. The van der Waals surface area contributed by atoms with Crippen LogP contribution in [0.25, 0.3) is 76.8 Å². The van der Waals surface area contributed by atoms with Crippen molar-refractivity contribution in [3.05, 3.63) is 163 Å². The number of ether oxygens (including phenoxy) is 1. The number of methoxy groups -OCH3 is 1. The topological polar surface area (TPSA) is 9.23 Å². The summed E-state index contributed by atoms with van der Waals surface area (Å²) in [6.07, 6.45) is 0. The van der Waals surface area contributed by atoms with Crippen molar-refractivity contribution in [3.8, 4) is 50.3 Å². The maximum Gasteiger partial charge on any atom is 0.118 e. The van der Waals surface area contributed by atoms with Crippen LogP contribution in [-0.4, -0.2) is 7.11 Å². The van der Waals surface area contributed by atoms with Crippen molar-refractivity contribution in [2.24, 2.45) is 0 Å². The normalized spacial score (nSPS) is 13.2. The molecule has 0 unspecified atom stereocenters. The second-order valence-corrected chi connectivity index (χ2v) is 13.2. The van der Waals surface area contributed by atoms with Gasteiger partial charge in [0.2, 0.25) is 0 Å². The van der Waals surface area contributed by atoms with E-state index in [-0.39, 0.29) is 5.41 Å². The van der Waals surface area contributed by atoms with Gasteiger partial charge >= 0.3 is 0 Å². The average molecular weight is 603 g/mol. The Morgan fingerprint density at radius 3 is 1.81 bits per heavy atom. The maximum atomic E-state index is 5.54. The van der Waals surface area contributed by atoms with Gasteiger partial charge in [-0.25, -0.2) is 0 Å². The molecule has 1 aliphatic rings. The van der Waals surface area contributed by atoms with Gasteiger partial charge in [0, 0.05) is 5.41 Å². The van der Waals surface area contributed by atoms with Crippen LogP contribution in [0.3, 0.4) is 0 Å². The predicted octanol–water partition coefficient (Wildman–Crippen LogP) is 12.5. The summed E-state index contributed by atoms with van der Waals surface area (Å²) >= 11 is 0. The van der Waals surface area contributed by atoms with Gasteiger partial charge in [-0.2, -0.15) is 0 Å². The van der Waals surface area contributed by atoms with E-state index in [1.54, 1.807) is 7.11 Å². The number of benzene rings is 8. The zero-order valence-electron chi connectivity index (χ0n) is 26.8. The Morgan fingerprint density at radius 1 is 0.404 bits per heavy atom. The summed E-state index contributed by atoms with van der Waals surface area (Å²) in [6, 6.07) is 55.9. The minimum Gasteiger partial charge on any atom is -0.497 e. The van der Waals surface area contributed by atoms with Crippen LogP contribution >= 0.6 is 0 Å². The molecule has 1 nitrogen and oxygen atoms in total. The van der Waals surface area contributed by atoms with E-state index in [2.05, 4.69) is 166 Å². The van der Waals surface area contributed by atoms with Crippen LogP contribution in [0.1, 0.15) is 25.0 Å². The van der Waals surface area contributed by atoms with Gasteiger partial charge < -0.3 is 4.74 Å². The second kappa shape index (κ2) is 10.4. The molecule has 0 N–H and O–H groups in total. The molecule has 47 heavy (non-hydrogen) atoms. The first-order valence-electron chi connectivity index (χ1n) is 16.4. The summed E-state index contributed by atoms with van der Waals surface area (Å²) in [7, 11) is 1.72. The standard InChI is InChI=1S/C46H34O/c1-46(2)41-17-9-8-15-38(41)45-39(16-10-18-42(45)46)44-36-14-7-6-13-35(36)43(30-21-24-34(47-3)25-22-30)37-26-23-33(28-40(37)44)32-20-19-29-11-4-5-12-31(29)27-32/h4-28H,1-3H3. The summed E-state index contributed by atoms with van der Waals surface area (Å²) in [5.41, 5.74) is 12.8. The molecule has 0 saturated carbocycles. The SMILES string of the molecule is COc1ccc(-c2c3ccccc3c(-c3cccc4c3-c3ccccc3C4(C)C)c3cc(-c4ccc5ccccc5c4)ccc23)cc1. The lowest BCUT2D eigenvalue weighted by Gasteiger charge is -2.23. The third-order valence-electron chi connectivity index (χ3n) is 10.4. The van der Waals surface area contributed by atoms with E-state index in [4.69, 9.17) is 4.74 Å². The van der Waals surface area contributed by atoms with Crippen molar-refractivity contribution >= 4 is 32.3 Å². The molecular formula is C46H34O. The van der Waals surface area contributed by atoms with Crippen LogP contribution < -0.4 is 4.74 Å². The van der Waals surface area contributed by atoms with E-state index in [0.717, 1.165) is 5.75 Å². The fourth-order valence-electron chi connectivity index (χ4n) is 8.05. The Bertz CT molecular complexity index is 2520. The fraction of sp³-hybridized carbons (Fsp3) is 0.0870. The molecule has 1 heteroatoms. The lowest BCUT2D eigenvalue weighted by Crippen LogP contribution is -2.14. The molecule has 224 valence electrons. The lowest BCUT2D eigenvalue weighted by molar-refractivity contribution is 0.415. The van der Waals surface area contributed by atoms with E-state index >= 15 is 0 Å². The van der Waals surface area contributed by atoms with Gasteiger partial charge in [-0.1, -0.05) is 141 Å². The molecule has 9 rings (SSSR count). The van der Waals surface area contributed by atoms with Crippen molar-refractivity contribution in [1.82, 2.24) is 0 Å². The van der Waals surface area contributed by atoms with Crippen molar-refractivity contribution in [1.29, 1.82) is 0 Å². The molecule has 0 spiro atoms. The highest BCUT2D eigenvalue weighted by molar-refractivity contribution is 6.23. The van der Waals surface area contributed by atoms with Crippen LogP contribution in [0.5, 0.6) is 5.75 Å². The quantitative estimate of drug-likeness (QED) is 0.182. The minimum atomic E-state index is -0.0766. The fourth-order valence-corrected chi connectivity index (χ4v) is 8.05. The van der Waals surface area contributed by atoms with E-state index < -0.39 is 0 Å². The highest BCUT2D eigenvalue weighted by atomic mass is 16.5. The molecule has 0 aliphatic heterocycles. The number of fused-ring (bicyclic) bond motifs is 6. The van der Waals surface area contributed by atoms with E-state index in [9.17, 15) is 0 Å². The van der Waals surface area contributed by atoms with Crippen LogP contribution in [0, 0.1) is 0 Å². The number of hydrogen-bond acceptors (Lipinski definition) is 1. The monoisotopic (exact) mass is 602 g/mol. The molecule has 0 bridgehead atoms. The van der Waals surface area contributed by atoms with E-state index in [1.807, 2.05) is 0 Å². The Morgan fingerprint density at radius 2 is 1.00 bits per heavy atom. The highest BCUT2D eigenvalue weighted by Crippen LogP contribution is 2.54. The second-order valence-electron chi connectivity index (χ2n) is 13.2. The first kappa shape index (κ1) is 27.6. The Labute approximate surface area is 275 Å². The molecule has 0 amide bonds.